The van der Waals surface area contributed by atoms with Crippen LogP contribution in [0.5, 0.6) is 0 Å². The number of anilines is 1. The van der Waals surface area contributed by atoms with Crippen molar-refractivity contribution in [2.24, 2.45) is 10.7 Å². The van der Waals surface area contributed by atoms with Crippen LogP contribution >= 0.6 is 11.6 Å². The number of amides is 1. The van der Waals surface area contributed by atoms with Gasteiger partial charge in [-0.05, 0) is 44.9 Å². The van der Waals surface area contributed by atoms with Crippen molar-refractivity contribution < 1.29 is 4.79 Å². The van der Waals surface area contributed by atoms with Gasteiger partial charge in [0.05, 0.1) is 10.7 Å². The third-order valence-electron chi connectivity index (χ3n) is 3.43. The van der Waals surface area contributed by atoms with Crippen molar-refractivity contribution in [3.8, 4) is 0 Å². The van der Waals surface area contributed by atoms with Crippen LogP contribution in [0.3, 0.4) is 0 Å². The summed E-state index contributed by atoms with van der Waals surface area (Å²) in [7, 11) is 0. The number of aliphatic imine (C=N–C) groups is 1. The predicted octanol–water partition coefficient (Wildman–Crippen LogP) is 1.68. The number of halogens is 1. The summed E-state index contributed by atoms with van der Waals surface area (Å²) in [6.07, 6.45) is 2.02. The van der Waals surface area contributed by atoms with Gasteiger partial charge in [0.1, 0.15) is 11.9 Å². The van der Waals surface area contributed by atoms with Gasteiger partial charge in [-0.1, -0.05) is 11.6 Å². The van der Waals surface area contributed by atoms with Gasteiger partial charge in [0.25, 0.3) is 0 Å². The molecule has 0 heterocycles. The zero-order chi connectivity index (χ0) is 14.9. The number of nitrogens with zero attached hydrogens (tertiary/aromatic N) is 1. The highest BCUT2D eigenvalue weighted by Gasteiger charge is 2.39. The zero-order valence-electron chi connectivity index (χ0n) is 11.6. The Hall–Kier alpha value is -1.75. The van der Waals surface area contributed by atoms with Crippen LogP contribution in [0.1, 0.15) is 32.3 Å². The number of amidine groups is 1. The molecule has 0 bridgehead atoms. The van der Waals surface area contributed by atoms with E-state index in [1.54, 1.807) is 25.1 Å². The van der Waals surface area contributed by atoms with Crippen molar-refractivity contribution in [2.75, 3.05) is 5.73 Å². The Kier molecular flexibility index (Phi) is 3.90. The first-order valence-electron chi connectivity index (χ1n) is 6.51. The van der Waals surface area contributed by atoms with Gasteiger partial charge in [-0.3, -0.25) is 9.79 Å². The van der Waals surface area contributed by atoms with Crippen molar-refractivity contribution in [1.82, 2.24) is 5.32 Å². The average Bonchev–Trinajstić information content (AvgIpc) is 3.10. The highest BCUT2D eigenvalue weighted by molar-refractivity contribution is 6.33. The zero-order valence-corrected chi connectivity index (χ0v) is 12.4. The second kappa shape index (κ2) is 5.32. The van der Waals surface area contributed by atoms with E-state index in [1.807, 2.05) is 6.92 Å². The molecule has 5 nitrogen and oxygen atoms in total. The second-order valence-electron chi connectivity index (χ2n) is 5.48. The summed E-state index contributed by atoms with van der Waals surface area (Å²) in [5, 5.41) is 3.38. The van der Waals surface area contributed by atoms with Gasteiger partial charge in [-0.25, -0.2) is 0 Å². The third kappa shape index (κ3) is 3.42. The first kappa shape index (κ1) is 14.7. The molecule has 0 saturated heterocycles. The smallest absolute Gasteiger partial charge is 0.245 e. The summed E-state index contributed by atoms with van der Waals surface area (Å²) in [5.41, 5.74) is 12.6. The van der Waals surface area contributed by atoms with Crippen molar-refractivity contribution in [2.45, 2.75) is 38.3 Å². The lowest BCUT2D eigenvalue weighted by atomic mass is 10.2. The summed E-state index contributed by atoms with van der Waals surface area (Å²) < 4.78 is 0. The molecule has 0 aromatic heterocycles. The normalized spacial score (nSPS) is 18.4. The molecule has 2 rings (SSSR count). The van der Waals surface area contributed by atoms with E-state index in [0.717, 1.165) is 12.8 Å². The number of hydrogen-bond donors (Lipinski definition) is 3. The number of benzene rings is 1. The van der Waals surface area contributed by atoms with E-state index in [1.165, 1.54) is 0 Å². The van der Waals surface area contributed by atoms with E-state index in [9.17, 15) is 4.79 Å². The standard InChI is InChI=1S/C14H19ClN4O/c1-8(13(20)19-14(2)5-6-14)18-12(17)9-3-4-11(16)10(15)7-9/h3-4,7-8H,5-6,16H2,1-2H3,(H2,17,18)(H,19,20)/t8-/m0/s1. The van der Waals surface area contributed by atoms with Crippen molar-refractivity contribution in [1.29, 1.82) is 0 Å². The predicted molar refractivity (Wildman–Crippen MR) is 81.8 cm³/mol. The lowest BCUT2D eigenvalue weighted by Crippen LogP contribution is -2.40. The summed E-state index contributed by atoms with van der Waals surface area (Å²) in [5.74, 6) is 0.157. The van der Waals surface area contributed by atoms with E-state index < -0.39 is 6.04 Å². The van der Waals surface area contributed by atoms with Gasteiger partial charge in [0, 0.05) is 11.1 Å². The fourth-order valence-corrected chi connectivity index (χ4v) is 1.92. The molecule has 1 amide bonds. The van der Waals surface area contributed by atoms with E-state index in [4.69, 9.17) is 23.1 Å². The van der Waals surface area contributed by atoms with E-state index >= 15 is 0 Å². The van der Waals surface area contributed by atoms with Gasteiger partial charge in [0.15, 0.2) is 0 Å². The van der Waals surface area contributed by atoms with Crippen LogP contribution in [0.4, 0.5) is 5.69 Å². The van der Waals surface area contributed by atoms with Gasteiger partial charge >= 0.3 is 0 Å². The lowest BCUT2D eigenvalue weighted by molar-refractivity contribution is -0.122. The first-order valence-corrected chi connectivity index (χ1v) is 6.89. The van der Waals surface area contributed by atoms with Crippen LogP contribution in [-0.2, 0) is 4.79 Å². The first-order chi connectivity index (χ1) is 9.31. The molecular weight excluding hydrogens is 276 g/mol. The van der Waals surface area contributed by atoms with Gasteiger partial charge in [-0.2, -0.15) is 0 Å². The lowest BCUT2D eigenvalue weighted by Gasteiger charge is -2.14. The number of rotatable bonds is 4. The van der Waals surface area contributed by atoms with Gasteiger partial charge in [-0.15, -0.1) is 0 Å². The minimum atomic E-state index is -0.538. The summed E-state index contributed by atoms with van der Waals surface area (Å²) in [6, 6.07) is 4.49. The summed E-state index contributed by atoms with van der Waals surface area (Å²) in [6.45, 7) is 3.73. The Balaban J connectivity index is 2.08. The SMILES string of the molecule is C[C@H](N=C(N)c1ccc(N)c(Cl)c1)C(=O)NC1(C)CC1. The van der Waals surface area contributed by atoms with Gasteiger partial charge in [0.2, 0.25) is 5.91 Å². The Labute approximate surface area is 123 Å². The molecule has 0 unspecified atom stereocenters. The van der Waals surface area contributed by atoms with Crippen molar-refractivity contribution in [3.63, 3.8) is 0 Å². The average molecular weight is 295 g/mol. The van der Waals surface area contributed by atoms with Gasteiger partial charge < -0.3 is 16.8 Å². The molecule has 1 fully saturated rings. The van der Waals surface area contributed by atoms with Crippen LogP contribution in [0.25, 0.3) is 0 Å². The van der Waals surface area contributed by atoms with E-state index in [0.29, 0.717) is 16.3 Å². The van der Waals surface area contributed by atoms with Crippen LogP contribution in [0.2, 0.25) is 5.02 Å². The molecular formula is C14H19ClN4O. The molecule has 1 aromatic carbocycles. The molecule has 0 aliphatic heterocycles. The summed E-state index contributed by atoms with van der Waals surface area (Å²) in [4.78, 5) is 16.2. The number of nitrogens with one attached hydrogen (secondary N) is 1. The molecule has 6 heteroatoms. The molecule has 5 N–H and O–H groups in total. The number of nitrogens with two attached hydrogens (primary N) is 2. The Morgan fingerprint density at radius 1 is 1.50 bits per heavy atom. The van der Waals surface area contributed by atoms with Crippen molar-refractivity contribution in [3.05, 3.63) is 28.8 Å². The highest BCUT2D eigenvalue weighted by atomic mass is 35.5. The largest absolute Gasteiger partial charge is 0.398 e. The molecule has 1 atom stereocenters. The van der Waals surface area contributed by atoms with Crippen LogP contribution in [0, 0.1) is 0 Å². The Morgan fingerprint density at radius 2 is 2.15 bits per heavy atom. The molecule has 1 aliphatic rings. The maximum Gasteiger partial charge on any atom is 0.245 e. The molecule has 1 saturated carbocycles. The highest BCUT2D eigenvalue weighted by Crippen LogP contribution is 2.34. The van der Waals surface area contributed by atoms with Crippen LogP contribution < -0.4 is 16.8 Å². The quantitative estimate of drug-likeness (QED) is 0.448. The number of hydrogen-bond acceptors (Lipinski definition) is 3. The minimum Gasteiger partial charge on any atom is -0.398 e. The molecule has 0 spiro atoms. The fourth-order valence-electron chi connectivity index (χ4n) is 1.74. The second-order valence-corrected chi connectivity index (χ2v) is 5.88. The molecule has 1 aromatic rings. The van der Waals surface area contributed by atoms with E-state index in [-0.39, 0.29) is 17.3 Å². The topological polar surface area (TPSA) is 93.5 Å². The van der Waals surface area contributed by atoms with E-state index in [2.05, 4.69) is 10.3 Å². The molecule has 0 radical (unpaired) electrons. The Bertz CT molecular complexity index is 566. The van der Waals surface area contributed by atoms with Crippen LogP contribution in [0.15, 0.2) is 23.2 Å². The van der Waals surface area contributed by atoms with Crippen LogP contribution in [-0.4, -0.2) is 23.3 Å². The number of nitrogen functional groups attached to an aromatic ring is 1. The third-order valence-corrected chi connectivity index (χ3v) is 3.76. The molecule has 108 valence electrons. The maximum absolute atomic E-state index is 12.0. The molecule has 20 heavy (non-hydrogen) atoms. The van der Waals surface area contributed by atoms with Crippen molar-refractivity contribution >= 4 is 29.0 Å². The summed E-state index contributed by atoms with van der Waals surface area (Å²) >= 11 is 5.94. The number of carbonyl (C=O) groups is 1. The monoisotopic (exact) mass is 294 g/mol. The Morgan fingerprint density at radius 3 is 2.70 bits per heavy atom. The maximum atomic E-state index is 12.0. The fraction of sp³-hybridized carbons (Fsp3) is 0.429. The number of carbonyl (C=O) groups excluding carboxylic acids is 1. The minimum absolute atomic E-state index is 0.0554. The molecule has 1 aliphatic carbocycles.